The van der Waals surface area contributed by atoms with Crippen molar-refractivity contribution in [2.75, 3.05) is 0 Å². The number of aromatic nitrogens is 4. The van der Waals surface area contributed by atoms with Gasteiger partial charge in [0.2, 0.25) is 0 Å². The number of nitrogens with zero attached hydrogens (tertiary/aromatic N) is 4. The number of para-hydroxylation sites is 1. The monoisotopic (exact) mass is 780 g/mol. The molecule has 3 aromatic heterocycles. The van der Waals surface area contributed by atoms with Crippen LogP contribution in [0.5, 0.6) is 0 Å². The summed E-state index contributed by atoms with van der Waals surface area (Å²) in [5.41, 5.74) is 14.0. The predicted molar refractivity (Wildman–Crippen MR) is 248 cm³/mol. The van der Waals surface area contributed by atoms with Gasteiger partial charge in [-0.05, 0) is 39.9 Å². The molecule has 0 fully saturated rings. The van der Waals surface area contributed by atoms with Crippen molar-refractivity contribution >= 4 is 21.9 Å². The van der Waals surface area contributed by atoms with Gasteiger partial charge in [-0.2, -0.15) is 0 Å². The number of furan rings is 1. The molecular formula is C56H36N4O. The van der Waals surface area contributed by atoms with E-state index in [-0.39, 0.29) is 0 Å². The number of rotatable bonds is 8. The molecule has 5 nitrogen and oxygen atoms in total. The highest BCUT2D eigenvalue weighted by atomic mass is 16.3. The Morgan fingerprint density at radius 2 is 0.639 bits per heavy atom. The van der Waals surface area contributed by atoms with Crippen LogP contribution in [-0.4, -0.2) is 19.9 Å². The summed E-state index contributed by atoms with van der Waals surface area (Å²) in [4.78, 5) is 20.2. The minimum Gasteiger partial charge on any atom is -0.455 e. The third kappa shape index (κ3) is 6.84. The zero-order chi connectivity index (χ0) is 40.5. The standard InChI is InChI=1S/C56H36N4O/c1-5-15-37(16-6-1)38-27-33-45(34-28-38)55-58-54(44-21-11-4-12-22-44)59-56(60-55)46-35-29-40(30-36-46)39-25-31-42(32-26-39)51-50-49(41-17-7-2-8-18-41)52(43-19-9-3-10-20-43)61-53(50)47-23-13-14-24-48(47)57-51/h1-36H. The maximum absolute atomic E-state index is 6.89. The lowest BCUT2D eigenvalue weighted by Gasteiger charge is -2.11. The number of benzene rings is 8. The molecule has 0 bridgehead atoms. The molecule has 3 heterocycles. The summed E-state index contributed by atoms with van der Waals surface area (Å²) in [6.07, 6.45) is 0. The first-order valence-electron chi connectivity index (χ1n) is 20.4. The van der Waals surface area contributed by atoms with Gasteiger partial charge in [0.15, 0.2) is 17.5 Å². The molecular weight excluding hydrogens is 745 g/mol. The molecule has 61 heavy (non-hydrogen) atoms. The van der Waals surface area contributed by atoms with Crippen molar-refractivity contribution in [2.45, 2.75) is 0 Å². The zero-order valence-electron chi connectivity index (χ0n) is 33.0. The molecule has 0 saturated carbocycles. The van der Waals surface area contributed by atoms with Gasteiger partial charge in [0.25, 0.3) is 0 Å². The highest BCUT2D eigenvalue weighted by molar-refractivity contribution is 6.16. The van der Waals surface area contributed by atoms with E-state index >= 15 is 0 Å². The first-order chi connectivity index (χ1) is 30.2. The summed E-state index contributed by atoms with van der Waals surface area (Å²) in [6.45, 7) is 0. The minimum atomic E-state index is 0.619. The summed E-state index contributed by atoms with van der Waals surface area (Å²) >= 11 is 0. The van der Waals surface area contributed by atoms with Crippen LogP contribution in [-0.2, 0) is 0 Å². The van der Waals surface area contributed by atoms with Crippen LogP contribution in [0.15, 0.2) is 223 Å². The van der Waals surface area contributed by atoms with E-state index in [0.717, 1.165) is 89.0 Å². The Morgan fingerprint density at radius 3 is 1.15 bits per heavy atom. The van der Waals surface area contributed by atoms with Crippen molar-refractivity contribution in [2.24, 2.45) is 0 Å². The molecule has 5 heteroatoms. The fourth-order valence-corrected chi connectivity index (χ4v) is 8.09. The lowest BCUT2D eigenvalue weighted by atomic mass is 9.94. The zero-order valence-corrected chi connectivity index (χ0v) is 33.0. The number of hydrogen-bond donors (Lipinski definition) is 0. The van der Waals surface area contributed by atoms with Crippen LogP contribution in [0.1, 0.15) is 0 Å². The fraction of sp³-hybridized carbons (Fsp3) is 0. The van der Waals surface area contributed by atoms with Crippen LogP contribution >= 0.6 is 0 Å². The third-order valence-electron chi connectivity index (χ3n) is 11.2. The predicted octanol–water partition coefficient (Wildman–Crippen LogP) is 14.5. The molecule has 0 radical (unpaired) electrons. The van der Waals surface area contributed by atoms with Gasteiger partial charge in [-0.25, -0.2) is 19.9 Å². The number of pyridine rings is 1. The SMILES string of the molecule is c1ccc(-c2ccc(-c3nc(-c4ccccc4)nc(-c4ccc(-c5ccc(-c6nc7ccccc7c7oc(-c8ccccc8)c(-c8ccccc8)c67)cc5)cc4)n3)cc2)cc1. The Bertz CT molecular complexity index is 3290. The molecule has 0 aliphatic rings. The molecule has 0 unspecified atom stereocenters. The second-order valence-electron chi connectivity index (χ2n) is 15.0. The Hall–Kier alpha value is -8.28. The summed E-state index contributed by atoms with van der Waals surface area (Å²) in [7, 11) is 0. The second kappa shape index (κ2) is 15.5. The van der Waals surface area contributed by atoms with Gasteiger partial charge in [0.05, 0.1) is 16.6 Å². The van der Waals surface area contributed by atoms with Gasteiger partial charge in [-0.1, -0.05) is 206 Å². The molecule has 0 aliphatic heterocycles. The molecule has 8 aromatic carbocycles. The fourth-order valence-electron chi connectivity index (χ4n) is 8.09. The minimum absolute atomic E-state index is 0.619. The Balaban J connectivity index is 0.963. The van der Waals surface area contributed by atoms with Gasteiger partial charge in [-0.3, -0.25) is 0 Å². The maximum Gasteiger partial charge on any atom is 0.164 e. The average Bonchev–Trinajstić information content (AvgIpc) is 3.76. The molecule has 286 valence electrons. The normalized spacial score (nSPS) is 11.3. The summed E-state index contributed by atoms with van der Waals surface area (Å²) in [5.74, 6) is 2.71. The van der Waals surface area contributed by atoms with Crippen molar-refractivity contribution < 1.29 is 4.42 Å². The second-order valence-corrected chi connectivity index (χ2v) is 15.0. The lowest BCUT2D eigenvalue weighted by molar-refractivity contribution is 0.636. The van der Waals surface area contributed by atoms with E-state index in [2.05, 4.69) is 158 Å². The molecule has 11 aromatic rings. The van der Waals surface area contributed by atoms with Gasteiger partial charge >= 0.3 is 0 Å². The van der Waals surface area contributed by atoms with Crippen molar-refractivity contribution in [3.05, 3.63) is 218 Å². The summed E-state index contributed by atoms with van der Waals surface area (Å²) in [6, 6.07) is 75.0. The van der Waals surface area contributed by atoms with Gasteiger partial charge < -0.3 is 4.42 Å². The van der Waals surface area contributed by atoms with Crippen LogP contribution in [0.2, 0.25) is 0 Å². The molecule has 0 N–H and O–H groups in total. The number of hydrogen-bond acceptors (Lipinski definition) is 5. The smallest absolute Gasteiger partial charge is 0.164 e. The van der Waals surface area contributed by atoms with Crippen molar-refractivity contribution in [3.8, 4) is 90.1 Å². The van der Waals surface area contributed by atoms with Crippen molar-refractivity contribution in [1.82, 2.24) is 19.9 Å². The molecule has 0 aliphatic carbocycles. The Morgan fingerprint density at radius 1 is 0.279 bits per heavy atom. The molecule has 0 spiro atoms. The van der Waals surface area contributed by atoms with Crippen LogP contribution < -0.4 is 0 Å². The van der Waals surface area contributed by atoms with E-state index in [9.17, 15) is 0 Å². The third-order valence-corrected chi connectivity index (χ3v) is 11.2. The molecule has 0 atom stereocenters. The maximum atomic E-state index is 6.89. The van der Waals surface area contributed by atoms with Crippen LogP contribution in [0.25, 0.3) is 112 Å². The van der Waals surface area contributed by atoms with Gasteiger partial charge in [0.1, 0.15) is 11.3 Å². The van der Waals surface area contributed by atoms with Crippen LogP contribution in [0, 0.1) is 0 Å². The van der Waals surface area contributed by atoms with Gasteiger partial charge in [-0.15, -0.1) is 0 Å². The Kier molecular flexibility index (Phi) is 9.10. The van der Waals surface area contributed by atoms with E-state index in [1.54, 1.807) is 0 Å². The highest BCUT2D eigenvalue weighted by Crippen LogP contribution is 2.46. The van der Waals surface area contributed by atoms with E-state index in [1.807, 2.05) is 60.7 Å². The first kappa shape index (κ1) is 35.8. The largest absolute Gasteiger partial charge is 0.455 e. The quantitative estimate of drug-likeness (QED) is 0.154. The lowest BCUT2D eigenvalue weighted by Crippen LogP contribution is -2.00. The van der Waals surface area contributed by atoms with Crippen LogP contribution in [0.3, 0.4) is 0 Å². The van der Waals surface area contributed by atoms with E-state index in [1.165, 1.54) is 5.56 Å². The molecule has 11 rings (SSSR count). The molecule has 0 amide bonds. The summed E-state index contributed by atoms with van der Waals surface area (Å²) < 4.78 is 6.89. The first-order valence-corrected chi connectivity index (χ1v) is 20.4. The van der Waals surface area contributed by atoms with Crippen LogP contribution in [0.4, 0.5) is 0 Å². The van der Waals surface area contributed by atoms with Gasteiger partial charge in [0, 0.05) is 38.8 Å². The van der Waals surface area contributed by atoms with E-state index < -0.39 is 0 Å². The Labute approximate surface area is 353 Å². The topological polar surface area (TPSA) is 64.7 Å². The van der Waals surface area contributed by atoms with E-state index in [0.29, 0.717) is 17.5 Å². The average molecular weight is 781 g/mol. The molecule has 0 saturated heterocycles. The summed E-state index contributed by atoms with van der Waals surface area (Å²) in [5, 5.41) is 1.99. The van der Waals surface area contributed by atoms with E-state index in [4.69, 9.17) is 24.4 Å². The highest BCUT2D eigenvalue weighted by Gasteiger charge is 2.24. The van der Waals surface area contributed by atoms with Crippen molar-refractivity contribution in [1.29, 1.82) is 0 Å². The number of fused-ring (bicyclic) bond motifs is 3. The van der Waals surface area contributed by atoms with Crippen molar-refractivity contribution in [3.63, 3.8) is 0 Å².